The standard InChI is InChI=1S/C10H17NO2/c1-11-8-2-3-9(11)5-7(4-8)6-10(12)13/h7-9H,2-6H2,1H3,(H,12,13)/t7-,8+,9-. The Balaban J connectivity index is 1.95. The van der Waals surface area contributed by atoms with E-state index in [9.17, 15) is 4.79 Å². The van der Waals surface area contributed by atoms with Crippen LogP contribution in [0.25, 0.3) is 0 Å². The second kappa shape index (κ2) is 3.29. The Morgan fingerprint density at radius 2 is 1.92 bits per heavy atom. The summed E-state index contributed by atoms with van der Waals surface area (Å²) in [6, 6.07) is 1.34. The van der Waals surface area contributed by atoms with Crippen LogP contribution in [-0.2, 0) is 4.79 Å². The molecule has 0 amide bonds. The molecule has 2 aliphatic rings. The number of hydrogen-bond acceptors (Lipinski definition) is 2. The van der Waals surface area contributed by atoms with E-state index in [1.807, 2.05) is 0 Å². The molecule has 1 N–H and O–H groups in total. The Hall–Kier alpha value is -0.570. The number of aliphatic carboxylic acids is 1. The Morgan fingerprint density at radius 3 is 2.38 bits per heavy atom. The summed E-state index contributed by atoms with van der Waals surface area (Å²) in [6.07, 6.45) is 5.12. The summed E-state index contributed by atoms with van der Waals surface area (Å²) in [5.41, 5.74) is 0. The molecular formula is C10H17NO2. The van der Waals surface area contributed by atoms with Crippen LogP contribution in [0, 0.1) is 5.92 Å². The second-order valence-corrected chi connectivity index (χ2v) is 4.49. The first-order chi connectivity index (χ1) is 6.16. The van der Waals surface area contributed by atoms with Crippen LogP contribution in [0.1, 0.15) is 32.1 Å². The maximum Gasteiger partial charge on any atom is 0.303 e. The average molecular weight is 183 g/mol. The van der Waals surface area contributed by atoms with Crippen molar-refractivity contribution >= 4 is 5.97 Å². The van der Waals surface area contributed by atoms with E-state index in [1.165, 1.54) is 12.8 Å². The van der Waals surface area contributed by atoms with Gasteiger partial charge < -0.3 is 10.0 Å². The summed E-state index contributed by atoms with van der Waals surface area (Å²) in [4.78, 5) is 13.0. The molecule has 2 saturated heterocycles. The second-order valence-electron chi connectivity index (χ2n) is 4.49. The highest BCUT2D eigenvalue weighted by Crippen LogP contribution is 2.38. The Labute approximate surface area is 78.7 Å². The van der Waals surface area contributed by atoms with Gasteiger partial charge in [0.05, 0.1) is 0 Å². The smallest absolute Gasteiger partial charge is 0.303 e. The molecule has 2 heterocycles. The van der Waals surface area contributed by atoms with Crippen LogP contribution in [0.5, 0.6) is 0 Å². The number of piperidine rings is 1. The third-order valence-electron chi connectivity index (χ3n) is 3.66. The first-order valence-corrected chi connectivity index (χ1v) is 5.10. The van der Waals surface area contributed by atoms with Gasteiger partial charge in [0.2, 0.25) is 0 Å². The van der Waals surface area contributed by atoms with Gasteiger partial charge in [-0.1, -0.05) is 0 Å². The van der Waals surface area contributed by atoms with Crippen LogP contribution in [0.4, 0.5) is 0 Å². The van der Waals surface area contributed by atoms with E-state index >= 15 is 0 Å². The van der Waals surface area contributed by atoms with Gasteiger partial charge >= 0.3 is 5.97 Å². The maximum atomic E-state index is 10.6. The molecule has 0 aromatic carbocycles. The van der Waals surface area contributed by atoms with Crippen LogP contribution >= 0.6 is 0 Å². The third-order valence-corrected chi connectivity index (χ3v) is 3.66. The van der Waals surface area contributed by atoms with Gasteiger partial charge in [0.25, 0.3) is 0 Å². The molecule has 0 aromatic heterocycles. The molecule has 0 aliphatic carbocycles. The van der Waals surface area contributed by atoms with Crippen LogP contribution in [0.3, 0.4) is 0 Å². The van der Waals surface area contributed by atoms with Gasteiger partial charge in [0.15, 0.2) is 0 Å². The number of rotatable bonds is 2. The molecule has 3 nitrogen and oxygen atoms in total. The molecule has 0 unspecified atom stereocenters. The molecule has 2 rings (SSSR count). The lowest BCUT2D eigenvalue weighted by atomic mass is 9.89. The molecule has 0 radical (unpaired) electrons. The first-order valence-electron chi connectivity index (χ1n) is 5.10. The van der Waals surface area contributed by atoms with Gasteiger partial charge in [-0.25, -0.2) is 0 Å². The predicted octanol–water partition coefficient (Wildman–Crippen LogP) is 1.33. The highest BCUT2D eigenvalue weighted by Gasteiger charge is 2.38. The van der Waals surface area contributed by atoms with Crippen molar-refractivity contribution in [2.45, 2.75) is 44.2 Å². The highest BCUT2D eigenvalue weighted by atomic mass is 16.4. The van der Waals surface area contributed by atoms with Gasteiger partial charge in [-0.3, -0.25) is 4.79 Å². The average Bonchev–Trinajstić information content (AvgIpc) is 2.33. The summed E-state index contributed by atoms with van der Waals surface area (Å²) in [5.74, 6) is -0.194. The predicted molar refractivity (Wildman–Crippen MR) is 49.5 cm³/mol. The van der Waals surface area contributed by atoms with Crippen molar-refractivity contribution in [3.05, 3.63) is 0 Å². The Bertz CT molecular complexity index is 203. The van der Waals surface area contributed by atoms with E-state index < -0.39 is 5.97 Å². The normalized spacial score (nSPS) is 39.3. The zero-order valence-corrected chi connectivity index (χ0v) is 8.07. The van der Waals surface area contributed by atoms with Crippen LogP contribution in [0.2, 0.25) is 0 Å². The van der Waals surface area contributed by atoms with Crippen molar-refractivity contribution in [3.8, 4) is 0 Å². The minimum atomic E-state index is -0.631. The molecule has 2 aliphatic heterocycles. The van der Waals surface area contributed by atoms with Crippen molar-refractivity contribution < 1.29 is 9.90 Å². The zero-order chi connectivity index (χ0) is 9.42. The summed E-state index contributed by atoms with van der Waals surface area (Å²) < 4.78 is 0. The number of hydrogen-bond donors (Lipinski definition) is 1. The minimum Gasteiger partial charge on any atom is -0.481 e. The van der Waals surface area contributed by atoms with E-state index in [0.717, 1.165) is 12.8 Å². The van der Waals surface area contributed by atoms with Crippen molar-refractivity contribution in [1.29, 1.82) is 0 Å². The number of nitrogens with zero attached hydrogens (tertiary/aromatic N) is 1. The number of carbonyl (C=O) groups is 1. The highest BCUT2D eigenvalue weighted by molar-refractivity contribution is 5.67. The van der Waals surface area contributed by atoms with Crippen molar-refractivity contribution in [3.63, 3.8) is 0 Å². The molecule has 0 aromatic rings. The van der Waals surface area contributed by atoms with Crippen molar-refractivity contribution in [1.82, 2.24) is 4.90 Å². The van der Waals surface area contributed by atoms with E-state index in [-0.39, 0.29) is 0 Å². The summed E-state index contributed by atoms with van der Waals surface area (Å²) >= 11 is 0. The van der Waals surface area contributed by atoms with E-state index in [2.05, 4.69) is 11.9 Å². The van der Waals surface area contributed by atoms with Crippen LogP contribution in [-0.4, -0.2) is 35.1 Å². The molecule has 0 spiro atoms. The fourth-order valence-corrected chi connectivity index (χ4v) is 2.94. The first kappa shape index (κ1) is 9.00. The van der Waals surface area contributed by atoms with Crippen LogP contribution < -0.4 is 0 Å². The SMILES string of the molecule is CN1[C@@H]2CC[C@H]1C[C@@H](CC(=O)O)C2. The molecule has 2 bridgehead atoms. The van der Waals surface area contributed by atoms with Gasteiger partial charge in [-0.2, -0.15) is 0 Å². The lowest BCUT2D eigenvalue weighted by molar-refractivity contribution is -0.138. The number of carboxylic acids is 1. The van der Waals surface area contributed by atoms with E-state index in [1.54, 1.807) is 0 Å². The molecular weight excluding hydrogens is 166 g/mol. The van der Waals surface area contributed by atoms with Crippen molar-refractivity contribution in [2.75, 3.05) is 7.05 Å². The maximum absolute atomic E-state index is 10.6. The molecule has 74 valence electrons. The van der Waals surface area contributed by atoms with E-state index in [0.29, 0.717) is 24.4 Å². The van der Waals surface area contributed by atoms with Gasteiger partial charge in [0, 0.05) is 18.5 Å². The molecule has 3 heteroatoms. The van der Waals surface area contributed by atoms with Gasteiger partial charge in [-0.15, -0.1) is 0 Å². The Kier molecular flexibility index (Phi) is 2.28. The number of carboxylic acid groups (broad SMARTS) is 1. The molecule has 13 heavy (non-hydrogen) atoms. The molecule has 3 atom stereocenters. The monoisotopic (exact) mass is 183 g/mol. The van der Waals surface area contributed by atoms with Gasteiger partial charge in [-0.05, 0) is 38.6 Å². The largest absolute Gasteiger partial charge is 0.481 e. The van der Waals surface area contributed by atoms with Crippen molar-refractivity contribution in [2.24, 2.45) is 5.92 Å². The minimum absolute atomic E-state index is 0.376. The zero-order valence-electron chi connectivity index (χ0n) is 8.07. The quantitative estimate of drug-likeness (QED) is 0.702. The topological polar surface area (TPSA) is 40.5 Å². The molecule has 0 saturated carbocycles. The molecule has 2 fully saturated rings. The fourth-order valence-electron chi connectivity index (χ4n) is 2.94. The number of fused-ring (bicyclic) bond motifs is 2. The van der Waals surface area contributed by atoms with Gasteiger partial charge in [0.1, 0.15) is 0 Å². The van der Waals surface area contributed by atoms with E-state index in [4.69, 9.17) is 5.11 Å². The summed E-state index contributed by atoms with van der Waals surface area (Å²) in [6.45, 7) is 0. The van der Waals surface area contributed by atoms with Crippen LogP contribution in [0.15, 0.2) is 0 Å². The summed E-state index contributed by atoms with van der Waals surface area (Å²) in [7, 11) is 2.18. The third kappa shape index (κ3) is 1.70. The lowest BCUT2D eigenvalue weighted by Gasteiger charge is -2.35. The fraction of sp³-hybridized carbons (Fsp3) is 0.900. The summed E-state index contributed by atoms with van der Waals surface area (Å²) in [5, 5.41) is 8.71. The lowest BCUT2D eigenvalue weighted by Crippen LogP contribution is -2.40. The Morgan fingerprint density at radius 1 is 1.38 bits per heavy atom.